The second-order valence-corrected chi connectivity index (χ2v) is 5.78. The fourth-order valence-electron chi connectivity index (χ4n) is 2.58. The average molecular weight is 316 g/mol. The molecule has 0 unspecified atom stereocenters. The largest absolute Gasteiger partial charge is 0.390 e. The quantitative estimate of drug-likeness (QED) is 0.804. The molecule has 1 N–H and O–H groups in total. The van der Waals surface area contributed by atoms with Crippen molar-refractivity contribution in [3.05, 3.63) is 48.2 Å². The van der Waals surface area contributed by atoms with E-state index >= 15 is 0 Å². The number of aliphatic hydroxyl groups is 1. The average Bonchev–Trinajstić information content (AvgIpc) is 3.33. The van der Waals surface area contributed by atoms with Crippen LogP contribution in [0.5, 0.6) is 0 Å². The monoisotopic (exact) mass is 316 g/mol. The van der Waals surface area contributed by atoms with Gasteiger partial charge in [0.25, 0.3) is 0 Å². The van der Waals surface area contributed by atoms with Crippen LogP contribution in [0.3, 0.4) is 0 Å². The molecule has 1 fully saturated rings. The summed E-state index contributed by atoms with van der Waals surface area (Å²) in [5.74, 6) is -3.44. The maximum Gasteiger partial charge on any atom is 0.329 e. The highest BCUT2D eigenvalue weighted by Crippen LogP contribution is 2.39. The molecule has 5 nitrogen and oxygen atoms in total. The molecular formula is C16H14F2N4O. The molecule has 0 radical (unpaired) electrons. The van der Waals surface area contributed by atoms with Gasteiger partial charge >= 0.3 is 5.92 Å². The van der Waals surface area contributed by atoms with Crippen LogP contribution in [-0.4, -0.2) is 31.3 Å². The van der Waals surface area contributed by atoms with Crippen molar-refractivity contribution in [1.29, 1.82) is 0 Å². The van der Waals surface area contributed by atoms with Crippen LogP contribution in [0.2, 0.25) is 0 Å². The Morgan fingerprint density at radius 3 is 2.57 bits per heavy atom. The molecule has 0 amide bonds. The number of hydrogen-bond donors (Lipinski definition) is 1. The highest BCUT2D eigenvalue weighted by atomic mass is 19.3. The lowest BCUT2D eigenvalue weighted by Crippen LogP contribution is -2.22. The summed E-state index contributed by atoms with van der Waals surface area (Å²) in [7, 11) is 0. The van der Waals surface area contributed by atoms with Crippen LogP contribution in [0.4, 0.5) is 8.78 Å². The summed E-state index contributed by atoms with van der Waals surface area (Å²) in [5, 5.41) is 16.1. The third-order valence-electron chi connectivity index (χ3n) is 4.04. The van der Waals surface area contributed by atoms with Crippen molar-refractivity contribution in [1.82, 2.24) is 19.6 Å². The number of rotatable bonds is 4. The van der Waals surface area contributed by atoms with Gasteiger partial charge in [0.2, 0.25) is 5.82 Å². The zero-order valence-corrected chi connectivity index (χ0v) is 12.2. The van der Waals surface area contributed by atoms with Gasteiger partial charge in [-0.2, -0.15) is 8.78 Å². The number of alkyl halides is 2. The number of nitrogens with zero attached hydrogens (tertiary/aromatic N) is 4. The molecular weight excluding hydrogens is 302 g/mol. The Hall–Kier alpha value is -2.41. The molecule has 0 aromatic carbocycles. The molecule has 3 aromatic rings. The van der Waals surface area contributed by atoms with Crippen molar-refractivity contribution in [2.75, 3.05) is 6.61 Å². The highest BCUT2D eigenvalue weighted by molar-refractivity contribution is 5.64. The van der Waals surface area contributed by atoms with E-state index in [9.17, 15) is 8.78 Å². The predicted octanol–water partition coefficient (Wildman–Crippen LogP) is 2.75. The number of hydrogen-bond acceptors (Lipinski definition) is 4. The molecule has 1 aliphatic carbocycles. The molecule has 23 heavy (non-hydrogen) atoms. The Morgan fingerprint density at radius 2 is 1.91 bits per heavy atom. The van der Waals surface area contributed by atoms with Gasteiger partial charge in [0.1, 0.15) is 6.61 Å². The van der Waals surface area contributed by atoms with Gasteiger partial charge in [-0.15, -0.1) is 10.2 Å². The van der Waals surface area contributed by atoms with Crippen LogP contribution in [0.15, 0.2) is 36.7 Å². The maximum absolute atomic E-state index is 13.7. The number of pyridine rings is 2. The molecule has 118 valence electrons. The molecule has 1 aliphatic rings. The minimum absolute atomic E-state index is 0.305. The van der Waals surface area contributed by atoms with Crippen molar-refractivity contribution >= 4 is 5.65 Å². The van der Waals surface area contributed by atoms with Gasteiger partial charge in [0, 0.05) is 35.1 Å². The lowest BCUT2D eigenvalue weighted by molar-refractivity contribution is -0.0638. The van der Waals surface area contributed by atoms with Gasteiger partial charge in [-0.3, -0.25) is 9.38 Å². The molecule has 1 saturated carbocycles. The van der Waals surface area contributed by atoms with Crippen LogP contribution >= 0.6 is 0 Å². The van der Waals surface area contributed by atoms with Gasteiger partial charge in [0.05, 0.1) is 0 Å². The van der Waals surface area contributed by atoms with Gasteiger partial charge in [-0.1, -0.05) is 6.07 Å². The Bertz CT molecular complexity index is 856. The van der Waals surface area contributed by atoms with E-state index < -0.39 is 18.4 Å². The highest BCUT2D eigenvalue weighted by Gasteiger charge is 2.36. The topological polar surface area (TPSA) is 63.3 Å². The summed E-state index contributed by atoms with van der Waals surface area (Å²) < 4.78 is 28.7. The summed E-state index contributed by atoms with van der Waals surface area (Å²) >= 11 is 0. The lowest BCUT2D eigenvalue weighted by atomic mass is 10.1. The smallest absolute Gasteiger partial charge is 0.329 e. The zero-order valence-electron chi connectivity index (χ0n) is 12.2. The van der Waals surface area contributed by atoms with Gasteiger partial charge in [-0.05, 0) is 31.0 Å². The molecule has 0 bridgehead atoms. The van der Waals surface area contributed by atoms with Crippen molar-refractivity contribution in [2.24, 2.45) is 0 Å². The third kappa shape index (κ3) is 2.46. The fraction of sp³-hybridized carbons (Fsp3) is 0.312. The molecule has 0 spiro atoms. The molecule has 3 heterocycles. The standard InChI is InChI=1S/C16H14F2N4O/c17-16(18,9-23)15-21-20-14-6-4-12(8-22(14)15)11-3-5-13(19-7-11)10-1-2-10/h3-8,10,23H,1-2,9H2. The molecule has 4 rings (SSSR count). The second-order valence-electron chi connectivity index (χ2n) is 5.78. The van der Waals surface area contributed by atoms with Crippen LogP contribution in [0.25, 0.3) is 16.8 Å². The summed E-state index contributed by atoms with van der Waals surface area (Å²) in [6.45, 7) is -1.31. The van der Waals surface area contributed by atoms with Gasteiger partial charge < -0.3 is 5.11 Å². The SMILES string of the molecule is OCC(F)(F)c1nnc2ccc(-c3ccc(C4CC4)nc3)cn12. The molecule has 3 aromatic heterocycles. The predicted molar refractivity (Wildman–Crippen MR) is 79.2 cm³/mol. The van der Waals surface area contributed by atoms with Gasteiger partial charge in [-0.25, -0.2) is 0 Å². The van der Waals surface area contributed by atoms with E-state index in [1.165, 1.54) is 17.2 Å². The van der Waals surface area contributed by atoms with Crippen LogP contribution in [-0.2, 0) is 5.92 Å². The van der Waals surface area contributed by atoms with Crippen LogP contribution in [0, 0.1) is 0 Å². The molecule has 0 aliphatic heterocycles. The van der Waals surface area contributed by atoms with Crippen molar-refractivity contribution in [3.8, 4) is 11.1 Å². The molecule has 7 heteroatoms. The van der Waals surface area contributed by atoms with E-state index in [1.807, 2.05) is 12.1 Å². The lowest BCUT2D eigenvalue weighted by Gasteiger charge is -2.11. The Kier molecular flexibility index (Phi) is 3.12. The summed E-state index contributed by atoms with van der Waals surface area (Å²) in [5.41, 5.74) is 2.96. The summed E-state index contributed by atoms with van der Waals surface area (Å²) in [6.07, 6.45) is 5.66. The number of fused-ring (bicyclic) bond motifs is 1. The Labute approximate surface area is 130 Å². The van der Waals surface area contributed by atoms with E-state index in [2.05, 4.69) is 15.2 Å². The van der Waals surface area contributed by atoms with Crippen molar-refractivity contribution in [2.45, 2.75) is 24.7 Å². The summed E-state index contributed by atoms with van der Waals surface area (Å²) in [6, 6.07) is 7.33. The van der Waals surface area contributed by atoms with E-state index in [0.29, 0.717) is 11.6 Å². The van der Waals surface area contributed by atoms with Crippen molar-refractivity contribution in [3.63, 3.8) is 0 Å². The minimum atomic E-state index is -3.44. The van der Waals surface area contributed by atoms with Crippen LogP contribution in [0.1, 0.15) is 30.3 Å². The van der Waals surface area contributed by atoms with Gasteiger partial charge in [0.15, 0.2) is 5.65 Å². The Balaban J connectivity index is 1.76. The van der Waals surface area contributed by atoms with Crippen molar-refractivity contribution < 1.29 is 13.9 Å². The molecule has 0 saturated heterocycles. The fourth-order valence-corrected chi connectivity index (χ4v) is 2.58. The Morgan fingerprint density at radius 1 is 1.13 bits per heavy atom. The van der Waals surface area contributed by atoms with E-state index in [-0.39, 0.29) is 0 Å². The van der Waals surface area contributed by atoms with E-state index in [0.717, 1.165) is 16.8 Å². The van der Waals surface area contributed by atoms with Crippen LogP contribution < -0.4 is 0 Å². The maximum atomic E-state index is 13.7. The zero-order chi connectivity index (χ0) is 16.0. The van der Waals surface area contributed by atoms with E-state index in [4.69, 9.17) is 5.11 Å². The minimum Gasteiger partial charge on any atom is -0.390 e. The normalized spacial score (nSPS) is 15.3. The first-order valence-electron chi connectivity index (χ1n) is 7.39. The summed E-state index contributed by atoms with van der Waals surface area (Å²) in [4.78, 5) is 4.44. The first kappa shape index (κ1) is 14.2. The number of halogens is 2. The second kappa shape index (κ2) is 5.06. The van der Waals surface area contributed by atoms with E-state index in [1.54, 1.807) is 24.5 Å². The number of aromatic nitrogens is 4. The first-order chi connectivity index (χ1) is 11.1. The molecule has 0 atom stereocenters. The number of aliphatic hydroxyl groups excluding tert-OH is 1. The third-order valence-corrected chi connectivity index (χ3v) is 4.04. The first-order valence-corrected chi connectivity index (χ1v) is 7.39.